The van der Waals surface area contributed by atoms with Crippen LogP contribution in [0.15, 0.2) is 69.0 Å². The lowest BCUT2D eigenvalue weighted by Crippen LogP contribution is -2.23. The van der Waals surface area contributed by atoms with Gasteiger partial charge >= 0.3 is 0 Å². The average Bonchev–Trinajstić information content (AvgIpc) is 2.83. The number of aromatic nitrogens is 2. The van der Waals surface area contributed by atoms with Gasteiger partial charge in [0, 0.05) is 10.4 Å². The van der Waals surface area contributed by atoms with Crippen molar-refractivity contribution < 1.29 is 4.74 Å². The number of rotatable bonds is 7. The minimum atomic E-state index is -0.238. The highest BCUT2D eigenvalue weighted by atomic mass is 79.9. The summed E-state index contributed by atoms with van der Waals surface area (Å²) in [5.74, 6) is 1.04. The van der Waals surface area contributed by atoms with Gasteiger partial charge in [-0.1, -0.05) is 82.8 Å². The predicted molar refractivity (Wildman–Crippen MR) is 147 cm³/mol. The van der Waals surface area contributed by atoms with Gasteiger partial charge in [0.05, 0.1) is 27.2 Å². The SMILES string of the molecule is CC[C@H](C)c1nc2ccc(Br)cc2c(=O)n1N=Cc1cc(Cl)c(OCc2ccc(C)cc2)c(Cl)c1. The minimum Gasteiger partial charge on any atom is -0.486 e. The molecule has 0 aliphatic heterocycles. The molecule has 0 radical (unpaired) electrons. The Bertz CT molecular complexity index is 1440. The van der Waals surface area contributed by atoms with Crippen LogP contribution < -0.4 is 10.3 Å². The smallest absolute Gasteiger partial charge is 0.282 e. The van der Waals surface area contributed by atoms with Crippen molar-refractivity contribution in [3.63, 3.8) is 0 Å². The molecule has 5 nitrogen and oxygen atoms in total. The first-order valence-corrected chi connectivity index (χ1v) is 12.8. The van der Waals surface area contributed by atoms with Crippen molar-refractivity contribution in [3.8, 4) is 5.75 Å². The van der Waals surface area contributed by atoms with Gasteiger partial charge in [-0.15, -0.1) is 0 Å². The van der Waals surface area contributed by atoms with Crippen molar-refractivity contribution in [2.24, 2.45) is 5.10 Å². The molecule has 1 atom stereocenters. The number of ether oxygens (including phenoxy) is 1. The second kappa shape index (κ2) is 10.9. The number of aryl methyl sites for hydroxylation is 1. The third-order valence-corrected chi connectivity index (χ3v) is 6.79. The van der Waals surface area contributed by atoms with Gasteiger partial charge in [0.1, 0.15) is 12.4 Å². The fourth-order valence-corrected chi connectivity index (χ4v) is 4.51. The number of halogens is 3. The summed E-state index contributed by atoms with van der Waals surface area (Å²) < 4.78 is 8.03. The quantitative estimate of drug-likeness (QED) is 0.213. The number of hydrogen-bond acceptors (Lipinski definition) is 4. The first kappa shape index (κ1) is 25.4. The first-order chi connectivity index (χ1) is 16.8. The highest BCUT2D eigenvalue weighted by Crippen LogP contribution is 2.34. The standard InChI is InChI=1S/C27H24BrCl2N3O2/c1-4-17(3)26-32-24-10-9-20(28)13-21(24)27(34)33(26)31-14-19-11-22(29)25(23(30)12-19)35-15-18-7-5-16(2)6-8-18/h5-14,17H,4,15H2,1-3H3/t17-/m0/s1. The van der Waals surface area contributed by atoms with Gasteiger partial charge in [0.25, 0.3) is 5.56 Å². The van der Waals surface area contributed by atoms with E-state index in [0.29, 0.717) is 44.7 Å². The van der Waals surface area contributed by atoms with E-state index in [0.717, 1.165) is 16.5 Å². The van der Waals surface area contributed by atoms with Crippen molar-refractivity contribution in [2.45, 2.75) is 39.7 Å². The zero-order chi connectivity index (χ0) is 25.1. The van der Waals surface area contributed by atoms with Crippen molar-refractivity contribution in [1.29, 1.82) is 0 Å². The van der Waals surface area contributed by atoms with E-state index < -0.39 is 0 Å². The molecule has 3 aromatic carbocycles. The Morgan fingerprint density at radius 3 is 2.46 bits per heavy atom. The summed E-state index contributed by atoms with van der Waals surface area (Å²) in [6.45, 7) is 6.45. The summed E-state index contributed by atoms with van der Waals surface area (Å²) in [5.41, 5.74) is 3.23. The summed E-state index contributed by atoms with van der Waals surface area (Å²) in [7, 11) is 0. The summed E-state index contributed by atoms with van der Waals surface area (Å²) in [6.07, 6.45) is 2.37. The zero-order valence-electron chi connectivity index (χ0n) is 19.6. The predicted octanol–water partition coefficient (Wildman–Crippen LogP) is 7.75. The van der Waals surface area contributed by atoms with Crippen LogP contribution in [0.5, 0.6) is 5.75 Å². The van der Waals surface area contributed by atoms with Crippen molar-refractivity contribution in [3.05, 3.63) is 102 Å². The molecule has 0 bridgehead atoms. The molecule has 0 N–H and O–H groups in total. The van der Waals surface area contributed by atoms with Crippen LogP contribution in [-0.4, -0.2) is 15.9 Å². The number of hydrogen-bond donors (Lipinski definition) is 0. The van der Waals surface area contributed by atoms with Gasteiger partial charge in [-0.3, -0.25) is 4.79 Å². The molecule has 180 valence electrons. The van der Waals surface area contributed by atoms with Gasteiger partial charge in [-0.25, -0.2) is 4.98 Å². The number of benzene rings is 3. The fourth-order valence-electron chi connectivity index (χ4n) is 3.54. The summed E-state index contributed by atoms with van der Waals surface area (Å²) in [4.78, 5) is 18.0. The molecule has 0 spiro atoms. The van der Waals surface area contributed by atoms with Gasteiger partial charge in [0.15, 0.2) is 5.75 Å². The van der Waals surface area contributed by atoms with E-state index >= 15 is 0 Å². The largest absolute Gasteiger partial charge is 0.486 e. The molecule has 0 aliphatic rings. The Hall–Kier alpha value is -2.67. The van der Waals surface area contributed by atoms with E-state index in [1.807, 2.05) is 57.2 Å². The third-order valence-electron chi connectivity index (χ3n) is 5.73. The molecule has 0 aliphatic carbocycles. The molecular formula is C27H24BrCl2N3O2. The Labute approximate surface area is 222 Å². The van der Waals surface area contributed by atoms with Crippen LogP contribution in [-0.2, 0) is 6.61 Å². The monoisotopic (exact) mass is 571 g/mol. The Balaban J connectivity index is 1.66. The van der Waals surface area contributed by atoms with Gasteiger partial charge in [0.2, 0.25) is 0 Å². The van der Waals surface area contributed by atoms with E-state index in [1.54, 1.807) is 24.4 Å². The lowest BCUT2D eigenvalue weighted by Gasteiger charge is -2.14. The highest BCUT2D eigenvalue weighted by molar-refractivity contribution is 9.10. The van der Waals surface area contributed by atoms with E-state index in [-0.39, 0.29) is 11.5 Å². The van der Waals surface area contributed by atoms with Crippen LogP contribution in [0, 0.1) is 6.92 Å². The summed E-state index contributed by atoms with van der Waals surface area (Å²) in [6, 6.07) is 16.9. The molecule has 4 rings (SSSR count). The maximum absolute atomic E-state index is 13.3. The molecule has 0 amide bonds. The molecular weight excluding hydrogens is 549 g/mol. The minimum absolute atomic E-state index is 0.0395. The van der Waals surface area contributed by atoms with Crippen molar-refractivity contribution in [1.82, 2.24) is 9.66 Å². The average molecular weight is 573 g/mol. The maximum Gasteiger partial charge on any atom is 0.282 e. The number of fused-ring (bicyclic) bond motifs is 1. The van der Waals surface area contributed by atoms with Crippen molar-refractivity contribution >= 4 is 56.2 Å². The van der Waals surface area contributed by atoms with Gasteiger partial charge in [-0.2, -0.15) is 9.78 Å². The van der Waals surface area contributed by atoms with Crippen LogP contribution in [0.25, 0.3) is 10.9 Å². The maximum atomic E-state index is 13.3. The lowest BCUT2D eigenvalue weighted by atomic mass is 10.1. The molecule has 0 fully saturated rings. The third kappa shape index (κ3) is 5.77. The van der Waals surface area contributed by atoms with Gasteiger partial charge < -0.3 is 4.74 Å². The topological polar surface area (TPSA) is 56.5 Å². The van der Waals surface area contributed by atoms with E-state index in [4.69, 9.17) is 32.9 Å². The van der Waals surface area contributed by atoms with Crippen molar-refractivity contribution in [2.75, 3.05) is 0 Å². The highest BCUT2D eigenvalue weighted by Gasteiger charge is 2.16. The summed E-state index contributed by atoms with van der Waals surface area (Å²) in [5, 5.41) is 5.69. The molecule has 0 unspecified atom stereocenters. The Morgan fingerprint density at radius 2 is 1.80 bits per heavy atom. The zero-order valence-corrected chi connectivity index (χ0v) is 22.7. The molecule has 0 saturated heterocycles. The molecule has 1 aromatic heterocycles. The molecule has 1 heterocycles. The lowest BCUT2D eigenvalue weighted by molar-refractivity contribution is 0.306. The van der Waals surface area contributed by atoms with Gasteiger partial charge in [-0.05, 0) is 54.8 Å². The second-order valence-electron chi connectivity index (χ2n) is 8.39. The Morgan fingerprint density at radius 1 is 1.11 bits per heavy atom. The van der Waals surface area contributed by atoms with E-state index in [9.17, 15) is 4.79 Å². The molecule has 4 aromatic rings. The van der Waals surface area contributed by atoms with Crippen LogP contribution >= 0.6 is 39.1 Å². The normalized spacial score (nSPS) is 12.4. The molecule has 35 heavy (non-hydrogen) atoms. The summed E-state index contributed by atoms with van der Waals surface area (Å²) >= 11 is 16.4. The van der Waals surface area contributed by atoms with E-state index in [1.165, 1.54) is 10.2 Å². The second-order valence-corrected chi connectivity index (χ2v) is 10.1. The van der Waals surface area contributed by atoms with E-state index in [2.05, 4.69) is 21.0 Å². The molecule has 8 heteroatoms. The Kier molecular flexibility index (Phi) is 7.95. The molecule has 0 saturated carbocycles. The van der Waals surface area contributed by atoms with Crippen LogP contribution in [0.3, 0.4) is 0 Å². The number of nitrogens with zero attached hydrogens (tertiary/aromatic N) is 3. The van der Waals surface area contributed by atoms with Crippen LogP contribution in [0.1, 0.15) is 48.7 Å². The first-order valence-electron chi connectivity index (χ1n) is 11.2. The van der Waals surface area contributed by atoms with Crippen LogP contribution in [0.4, 0.5) is 0 Å². The fraction of sp³-hybridized carbons (Fsp3) is 0.222. The van der Waals surface area contributed by atoms with Crippen LogP contribution in [0.2, 0.25) is 10.0 Å².